The number of anilines is 1. The van der Waals surface area contributed by atoms with E-state index in [1.807, 2.05) is 18.2 Å². The van der Waals surface area contributed by atoms with E-state index in [0.717, 1.165) is 27.7 Å². The van der Waals surface area contributed by atoms with Gasteiger partial charge in [-0.15, -0.1) is 0 Å². The molecule has 1 aromatic carbocycles. The summed E-state index contributed by atoms with van der Waals surface area (Å²) >= 11 is 6.82. The van der Waals surface area contributed by atoms with Crippen molar-refractivity contribution in [2.75, 3.05) is 18.4 Å². The van der Waals surface area contributed by atoms with Gasteiger partial charge >= 0.3 is 0 Å². The van der Waals surface area contributed by atoms with Crippen LogP contribution in [0.3, 0.4) is 0 Å². The van der Waals surface area contributed by atoms with Crippen LogP contribution in [0.4, 0.5) is 5.69 Å². The van der Waals surface area contributed by atoms with Crippen molar-refractivity contribution in [2.45, 2.75) is 6.92 Å². The molecule has 1 aromatic rings. The van der Waals surface area contributed by atoms with Crippen LogP contribution in [0.15, 0.2) is 27.1 Å². The highest BCUT2D eigenvalue weighted by Gasteiger charge is 2.29. The van der Waals surface area contributed by atoms with Gasteiger partial charge in [0, 0.05) is 15.5 Å². The van der Waals surface area contributed by atoms with Crippen LogP contribution in [-0.2, 0) is 4.79 Å². The number of carbonyl (C=O) groups excluding carboxylic acids is 1. The van der Waals surface area contributed by atoms with Crippen LogP contribution in [-0.4, -0.2) is 19.0 Å². The Morgan fingerprint density at radius 3 is 2.76 bits per heavy atom. The lowest BCUT2D eigenvalue weighted by molar-refractivity contribution is -0.120. The molecule has 0 radical (unpaired) electrons. The van der Waals surface area contributed by atoms with Crippen molar-refractivity contribution >= 4 is 43.5 Å². The molecule has 1 amide bonds. The summed E-state index contributed by atoms with van der Waals surface area (Å²) in [5, 5.41) is 6.20. The molecule has 5 heteroatoms. The number of halogens is 2. The zero-order chi connectivity index (χ0) is 12.4. The molecule has 0 bridgehead atoms. The molecule has 3 nitrogen and oxygen atoms in total. The maximum Gasteiger partial charge on any atom is 0.229 e. The monoisotopic (exact) mass is 360 g/mol. The number of benzene rings is 1. The second-order valence-corrected chi connectivity index (χ2v) is 6.13. The molecule has 1 fully saturated rings. The van der Waals surface area contributed by atoms with Crippen LogP contribution in [0.1, 0.15) is 6.92 Å². The largest absolute Gasteiger partial charge is 0.325 e. The summed E-state index contributed by atoms with van der Waals surface area (Å²) < 4.78 is 1.87. The lowest BCUT2D eigenvalue weighted by Gasteiger charge is -2.15. The zero-order valence-electron chi connectivity index (χ0n) is 9.47. The van der Waals surface area contributed by atoms with Crippen molar-refractivity contribution in [1.82, 2.24) is 5.32 Å². The highest BCUT2D eigenvalue weighted by atomic mass is 79.9. The third kappa shape index (κ3) is 3.09. The van der Waals surface area contributed by atoms with Gasteiger partial charge in [0.2, 0.25) is 5.91 Å². The fourth-order valence-electron chi connectivity index (χ4n) is 1.98. The maximum absolute atomic E-state index is 12.1. The molecule has 2 atom stereocenters. The number of nitrogens with one attached hydrogen (secondary N) is 2. The molecule has 2 unspecified atom stereocenters. The van der Waals surface area contributed by atoms with Crippen LogP contribution in [0.2, 0.25) is 0 Å². The Kier molecular flexibility index (Phi) is 4.22. The molecule has 1 aliphatic heterocycles. The topological polar surface area (TPSA) is 41.1 Å². The Bertz CT molecular complexity index is 437. The molecule has 1 saturated heterocycles. The highest BCUT2D eigenvalue weighted by molar-refractivity contribution is 9.11. The normalized spacial score (nSPS) is 23.7. The number of rotatable bonds is 2. The van der Waals surface area contributed by atoms with Crippen LogP contribution in [0, 0.1) is 11.8 Å². The van der Waals surface area contributed by atoms with Crippen LogP contribution in [0.25, 0.3) is 0 Å². The van der Waals surface area contributed by atoms with E-state index in [2.05, 4.69) is 49.4 Å². The van der Waals surface area contributed by atoms with E-state index < -0.39 is 0 Å². The summed E-state index contributed by atoms with van der Waals surface area (Å²) in [6, 6.07) is 5.72. The van der Waals surface area contributed by atoms with Crippen molar-refractivity contribution in [3.8, 4) is 0 Å². The molecular formula is C12H14Br2N2O. The molecule has 0 saturated carbocycles. The van der Waals surface area contributed by atoms with Gasteiger partial charge in [0.25, 0.3) is 0 Å². The Balaban J connectivity index is 2.07. The Labute approximate surface area is 118 Å². The lowest BCUT2D eigenvalue weighted by Crippen LogP contribution is -2.27. The van der Waals surface area contributed by atoms with Gasteiger partial charge in [-0.25, -0.2) is 0 Å². The number of hydrogen-bond acceptors (Lipinski definition) is 2. The van der Waals surface area contributed by atoms with Crippen molar-refractivity contribution in [2.24, 2.45) is 11.8 Å². The van der Waals surface area contributed by atoms with Gasteiger partial charge in [0.15, 0.2) is 0 Å². The third-order valence-electron chi connectivity index (χ3n) is 3.04. The molecule has 1 aliphatic rings. The Morgan fingerprint density at radius 2 is 2.18 bits per heavy atom. The third-order valence-corrected chi connectivity index (χ3v) is 4.19. The maximum atomic E-state index is 12.1. The summed E-state index contributed by atoms with van der Waals surface area (Å²) in [5.41, 5.74) is 0.817. The Hall–Kier alpha value is -0.390. The van der Waals surface area contributed by atoms with Crippen molar-refractivity contribution in [3.05, 3.63) is 27.1 Å². The van der Waals surface area contributed by atoms with E-state index in [1.165, 1.54) is 0 Å². The quantitative estimate of drug-likeness (QED) is 0.850. The van der Waals surface area contributed by atoms with Gasteiger partial charge in [-0.2, -0.15) is 0 Å². The lowest BCUT2D eigenvalue weighted by atomic mass is 9.97. The van der Waals surface area contributed by atoms with Gasteiger partial charge in [-0.05, 0) is 46.6 Å². The summed E-state index contributed by atoms with van der Waals surface area (Å²) in [6.07, 6.45) is 0. The average Bonchev–Trinajstić information content (AvgIpc) is 2.68. The zero-order valence-corrected chi connectivity index (χ0v) is 12.6. The van der Waals surface area contributed by atoms with E-state index in [9.17, 15) is 4.79 Å². The van der Waals surface area contributed by atoms with E-state index in [1.54, 1.807) is 0 Å². The number of carbonyl (C=O) groups is 1. The summed E-state index contributed by atoms with van der Waals surface area (Å²) in [6.45, 7) is 3.78. The first-order valence-electron chi connectivity index (χ1n) is 5.54. The second kappa shape index (κ2) is 5.50. The van der Waals surface area contributed by atoms with Crippen molar-refractivity contribution < 1.29 is 4.79 Å². The molecule has 0 aromatic heterocycles. The first kappa shape index (κ1) is 13.1. The molecule has 0 aliphatic carbocycles. The molecular weight excluding hydrogens is 348 g/mol. The van der Waals surface area contributed by atoms with Crippen molar-refractivity contribution in [3.63, 3.8) is 0 Å². The van der Waals surface area contributed by atoms with Gasteiger partial charge in [0.1, 0.15) is 0 Å². The number of hydrogen-bond donors (Lipinski definition) is 2. The first-order chi connectivity index (χ1) is 8.08. The molecule has 92 valence electrons. The standard InChI is InChI=1S/C12H14Br2N2O/c1-7-5-15-6-9(7)12(17)16-11-3-2-8(13)4-10(11)14/h2-4,7,9,15H,5-6H2,1H3,(H,16,17). The van der Waals surface area contributed by atoms with E-state index in [-0.39, 0.29) is 11.8 Å². The Morgan fingerprint density at radius 1 is 1.41 bits per heavy atom. The van der Waals surface area contributed by atoms with Gasteiger partial charge in [-0.3, -0.25) is 4.79 Å². The van der Waals surface area contributed by atoms with E-state index in [0.29, 0.717) is 5.92 Å². The molecule has 2 N–H and O–H groups in total. The molecule has 0 spiro atoms. The van der Waals surface area contributed by atoms with Crippen molar-refractivity contribution in [1.29, 1.82) is 0 Å². The summed E-state index contributed by atoms with van der Waals surface area (Å²) in [4.78, 5) is 12.1. The molecule has 1 heterocycles. The average molecular weight is 362 g/mol. The SMILES string of the molecule is CC1CNCC1C(=O)Nc1ccc(Br)cc1Br. The van der Waals surface area contributed by atoms with Gasteiger partial charge in [-0.1, -0.05) is 22.9 Å². The predicted octanol–water partition coefficient (Wildman–Crippen LogP) is 3.01. The molecule has 17 heavy (non-hydrogen) atoms. The van der Waals surface area contributed by atoms with Gasteiger partial charge in [0.05, 0.1) is 11.6 Å². The van der Waals surface area contributed by atoms with E-state index in [4.69, 9.17) is 0 Å². The second-order valence-electron chi connectivity index (χ2n) is 4.36. The fraction of sp³-hybridized carbons (Fsp3) is 0.417. The summed E-state index contributed by atoms with van der Waals surface area (Å²) in [5.74, 6) is 0.542. The fourth-order valence-corrected chi connectivity index (χ4v) is 3.12. The van der Waals surface area contributed by atoms with Crippen LogP contribution < -0.4 is 10.6 Å². The van der Waals surface area contributed by atoms with E-state index >= 15 is 0 Å². The molecule has 2 rings (SSSR count). The summed E-state index contributed by atoms with van der Waals surface area (Å²) in [7, 11) is 0. The first-order valence-corrected chi connectivity index (χ1v) is 7.13. The van der Waals surface area contributed by atoms with Crippen LogP contribution >= 0.6 is 31.9 Å². The minimum atomic E-state index is 0.0607. The number of amides is 1. The minimum absolute atomic E-state index is 0.0607. The van der Waals surface area contributed by atoms with Gasteiger partial charge < -0.3 is 10.6 Å². The predicted molar refractivity (Wildman–Crippen MR) is 76.0 cm³/mol. The minimum Gasteiger partial charge on any atom is -0.325 e. The van der Waals surface area contributed by atoms with Crippen LogP contribution in [0.5, 0.6) is 0 Å². The highest BCUT2D eigenvalue weighted by Crippen LogP contribution is 2.27. The smallest absolute Gasteiger partial charge is 0.229 e.